The number of ether oxygens (including phenoxy) is 1. The van der Waals surface area contributed by atoms with Crippen molar-refractivity contribution in [3.63, 3.8) is 0 Å². The molecule has 0 aromatic heterocycles. The molecule has 9 heteroatoms. The summed E-state index contributed by atoms with van der Waals surface area (Å²) >= 11 is 0. The number of nitrogens with one attached hydrogen (secondary N) is 1. The first kappa shape index (κ1) is 21.2. The summed E-state index contributed by atoms with van der Waals surface area (Å²) in [4.78, 5) is 53.5. The Bertz CT molecular complexity index is 985. The predicted molar refractivity (Wildman–Crippen MR) is 114 cm³/mol. The van der Waals surface area contributed by atoms with Crippen LogP contribution in [0.15, 0.2) is 18.2 Å². The second-order valence-electron chi connectivity index (χ2n) is 9.37. The van der Waals surface area contributed by atoms with E-state index < -0.39 is 23.8 Å². The van der Waals surface area contributed by atoms with Crippen molar-refractivity contribution in [1.82, 2.24) is 15.1 Å². The average molecular weight is 441 g/mol. The van der Waals surface area contributed by atoms with Crippen molar-refractivity contribution in [2.45, 2.75) is 62.8 Å². The fourth-order valence-electron chi connectivity index (χ4n) is 5.48. The highest BCUT2D eigenvalue weighted by Gasteiger charge is 2.46. The molecule has 5 rings (SSSR count). The first-order valence-electron chi connectivity index (χ1n) is 11.3. The number of piperidine rings is 1. The molecule has 32 heavy (non-hydrogen) atoms. The van der Waals surface area contributed by atoms with Gasteiger partial charge in [-0.15, -0.1) is 0 Å². The smallest absolute Gasteiger partial charge is 0.262 e. The number of rotatable bonds is 3. The van der Waals surface area contributed by atoms with E-state index in [1.165, 1.54) is 0 Å². The van der Waals surface area contributed by atoms with Crippen molar-refractivity contribution in [3.8, 4) is 0 Å². The minimum Gasteiger partial charge on any atom is -0.372 e. The molecule has 4 aliphatic rings. The zero-order valence-electron chi connectivity index (χ0n) is 18.0. The highest BCUT2D eigenvalue weighted by atomic mass is 16.5. The monoisotopic (exact) mass is 440 g/mol. The number of hydrogen-bond donors (Lipinski definition) is 2. The third kappa shape index (κ3) is 3.64. The quantitative estimate of drug-likeness (QED) is 0.659. The molecule has 170 valence electrons. The van der Waals surface area contributed by atoms with Gasteiger partial charge in [0.1, 0.15) is 6.04 Å². The van der Waals surface area contributed by atoms with Crippen molar-refractivity contribution in [2.24, 2.45) is 5.73 Å². The van der Waals surface area contributed by atoms with Gasteiger partial charge in [-0.1, -0.05) is 12.1 Å². The third-order valence-corrected chi connectivity index (χ3v) is 7.22. The van der Waals surface area contributed by atoms with Gasteiger partial charge < -0.3 is 10.5 Å². The van der Waals surface area contributed by atoms with Gasteiger partial charge in [0.15, 0.2) is 0 Å². The van der Waals surface area contributed by atoms with E-state index in [1.807, 2.05) is 6.07 Å². The Hall–Kier alpha value is -2.62. The number of nitrogens with zero attached hydrogens (tertiary/aromatic N) is 2. The number of amides is 4. The summed E-state index contributed by atoms with van der Waals surface area (Å²) in [7, 11) is 0. The van der Waals surface area contributed by atoms with Crippen LogP contribution in [0.5, 0.6) is 0 Å². The Labute approximate surface area is 186 Å². The Morgan fingerprint density at radius 3 is 2.62 bits per heavy atom. The van der Waals surface area contributed by atoms with Gasteiger partial charge in [-0.25, -0.2) is 0 Å². The number of imide groups is 2. The number of morpholine rings is 1. The molecular formula is C23H28N4O5. The lowest BCUT2D eigenvalue weighted by Crippen LogP contribution is -2.54. The molecule has 3 fully saturated rings. The molecule has 3 heterocycles. The van der Waals surface area contributed by atoms with E-state index in [1.54, 1.807) is 12.1 Å². The molecule has 1 unspecified atom stereocenters. The number of fused-ring (bicyclic) bond motifs is 1. The van der Waals surface area contributed by atoms with Gasteiger partial charge in [-0.2, -0.15) is 0 Å². The molecule has 3 N–H and O–H groups in total. The highest BCUT2D eigenvalue weighted by molar-refractivity contribution is 6.24. The molecule has 9 nitrogen and oxygen atoms in total. The Morgan fingerprint density at radius 1 is 1.09 bits per heavy atom. The van der Waals surface area contributed by atoms with E-state index in [-0.39, 0.29) is 30.4 Å². The fraction of sp³-hybridized carbons (Fsp3) is 0.565. The van der Waals surface area contributed by atoms with E-state index in [0.717, 1.165) is 49.2 Å². The van der Waals surface area contributed by atoms with E-state index in [0.29, 0.717) is 24.3 Å². The van der Waals surface area contributed by atoms with Crippen LogP contribution in [0.2, 0.25) is 0 Å². The van der Waals surface area contributed by atoms with Crippen LogP contribution in [0, 0.1) is 0 Å². The summed E-state index contributed by atoms with van der Waals surface area (Å²) in [6, 6.07) is 4.57. The van der Waals surface area contributed by atoms with Crippen LogP contribution < -0.4 is 11.1 Å². The number of carbonyl (C=O) groups is 4. The van der Waals surface area contributed by atoms with E-state index in [9.17, 15) is 19.2 Å². The van der Waals surface area contributed by atoms with Gasteiger partial charge in [0, 0.05) is 32.1 Å². The summed E-state index contributed by atoms with van der Waals surface area (Å²) in [5.41, 5.74) is 7.35. The molecule has 0 bridgehead atoms. The maximum Gasteiger partial charge on any atom is 0.262 e. The summed E-state index contributed by atoms with van der Waals surface area (Å²) in [5.74, 6) is -1.90. The van der Waals surface area contributed by atoms with Gasteiger partial charge in [-0.3, -0.25) is 34.3 Å². The van der Waals surface area contributed by atoms with Gasteiger partial charge in [0.25, 0.3) is 11.8 Å². The molecule has 1 aliphatic carbocycles. The number of carbonyl (C=O) groups excluding carboxylic acids is 4. The molecule has 1 aromatic rings. The number of hydrogen-bond acceptors (Lipinski definition) is 7. The van der Waals surface area contributed by atoms with Gasteiger partial charge >= 0.3 is 0 Å². The van der Waals surface area contributed by atoms with Crippen LogP contribution in [0.4, 0.5) is 0 Å². The largest absolute Gasteiger partial charge is 0.372 e. The van der Waals surface area contributed by atoms with Crippen LogP contribution in [-0.2, 0) is 20.9 Å². The second-order valence-corrected chi connectivity index (χ2v) is 9.37. The van der Waals surface area contributed by atoms with Crippen LogP contribution in [0.25, 0.3) is 0 Å². The van der Waals surface area contributed by atoms with Crippen molar-refractivity contribution in [3.05, 3.63) is 34.9 Å². The molecule has 2 saturated heterocycles. The lowest BCUT2D eigenvalue weighted by molar-refractivity contribution is -0.136. The summed E-state index contributed by atoms with van der Waals surface area (Å²) in [6.45, 7) is 2.67. The zero-order chi connectivity index (χ0) is 22.5. The number of benzene rings is 1. The van der Waals surface area contributed by atoms with Crippen LogP contribution in [-0.4, -0.2) is 70.8 Å². The molecule has 1 spiro atoms. The minimum absolute atomic E-state index is 0.107. The lowest BCUT2D eigenvalue weighted by atomic mass is 9.81. The minimum atomic E-state index is -0.953. The lowest BCUT2D eigenvalue weighted by Gasteiger charge is -2.46. The second kappa shape index (κ2) is 8.06. The van der Waals surface area contributed by atoms with Gasteiger partial charge in [0.05, 0.1) is 23.3 Å². The van der Waals surface area contributed by atoms with E-state index >= 15 is 0 Å². The van der Waals surface area contributed by atoms with Crippen LogP contribution in [0.1, 0.15) is 64.8 Å². The Kier molecular flexibility index (Phi) is 5.35. The third-order valence-electron chi connectivity index (χ3n) is 7.22. The SMILES string of the molecule is NC1CCC2(CC1)CN(Cc1cccc3c1C(=O)N(C1CCC(=O)NC1=O)C3=O)CCO2. The highest BCUT2D eigenvalue weighted by Crippen LogP contribution is 2.36. The summed E-state index contributed by atoms with van der Waals surface area (Å²) in [5, 5.41) is 2.24. The average Bonchev–Trinajstić information content (AvgIpc) is 3.02. The molecular weight excluding hydrogens is 412 g/mol. The standard InChI is InChI=1S/C23H28N4O5/c24-15-6-8-23(9-7-15)13-26(10-11-32-23)12-14-2-1-3-16-19(14)22(31)27(21(16)30)17-4-5-18(28)25-20(17)29/h1-3,15,17H,4-13,24H2,(H,25,28,29). The maximum atomic E-state index is 13.3. The normalized spacial score (nSPS) is 31.2. The first-order chi connectivity index (χ1) is 15.4. The van der Waals surface area contributed by atoms with E-state index in [4.69, 9.17) is 10.5 Å². The van der Waals surface area contributed by atoms with Gasteiger partial charge in [-0.05, 0) is 43.7 Å². The van der Waals surface area contributed by atoms with Crippen LogP contribution in [0.3, 0.4) is 0 Å². The predicted octanol–water partition coefficient (Wildman–Crippen LogP) is 0.560. The Balaban J connectivity index is 1.36. The van der Waals surface area contributed by atoms with Crippen molar-refractivity contribution >= 4 is 23.6 Å². The van der Waals surface area contributed by atoms with E-state index in [2.05, 4.69) is 10.2 Å². The topological polar surface area (TPSA) is 122 Å². The van der Waals surface area contributed by atoms with Gasteiger partial charge in [0.2, 0.25) is 11.8 Å². The molecule has 0 radical (unpaired) electrons. The molecule has 1 atom stereocenters. The van der Waals surface area contributed by atoms with Crippen molar-refractivity contribution < 1.29 is 23.9 Å². The first-order valence-corrected chi connectivity index (χ1v) is 11.3. The molecule has 1 saturated carbocycles. The summed E-state index contributed by atoms with van der Waals surface area (Å²) in [6.07, 6.45) is 4.01. The molecule has 3 aliphatic heterocycles. The zero-order valence-corrected chi connectivity index (χ0v) is 18.0. The van der Waals surface area contributed by atoms with Crippen molar-refractivity contribution in [1.29, 1.82) is 0 Å². The van der Waals surface area contributed by atoms with Crippen molar-refractivity contribution in [2.75, 3.05) is 19.7 Å². The molecule has 1 aromatic carbocycles. The fourth-order valence-corrected chi connectivity index (χ4v) is 5.48. The number of nitrogens with two attached hydrogens (primary N) is 1. The van der Waals surface area contributed by atoms with Crippen LogP contribution >= 0.6 is 0 Å². The summed E-state index contributed by atoms with van der Waals surface area (Å²) < 4.78 is 6.17. The maximum absolute atomic E-state index is 13.3. The Morgan fingerprint density at radius 2 is 1.88 bits per heavy atom. The molecule has 4 amide bonds.